The van der Waals surface area contributed by atoms with E-state index in [0.29, 0.717) is 24.4 Å². The van der Waals surface area contributed by atoms with E-state index in [-0.39, 0.29) is 0 Å². The Hall–Kier alpha value is -0.860. The van der Waals surface area contributed by atoms with Crippen molar-refractivity contribution < 1.29 is 0 Å². The zero-order chi connectivity index (χ0) is 14.4. The molecule has 0 aliphatic rings. The first-order valence-corrected chi connectivity index (χ1v) is 7.44. The maximum Gasteiger partial charge on any atom is 0.0470 e. The molecule has 0 spiro atoms. The Bertz CT molecular complexity index is 361. The third-order valence-corrected chi connectivity index (χ3v) is 3.29. The molecule has 2 N–H and O–H groups in total. The molecule has 1 aromatic rings. The van der Waals surface area contributed by atoms with Gasteiger partial charge in [-0.15, -0.1) is 0 Å². The Morgan fingerprint density at radius 2 is 1.63 bits per heavy atom. The number of hydrogen-bond donors (Lipinski definition) is 1. The first-order chi connectivity index (χ1) is 8.93. The maximum atomic E-state index is 6.07. The Balaban J connectivity index is 2.94. The van der Waals surface area contributed by atoms with Crippen LogP contribution in [0.1, 0.15) is 44.9 Å². The summed E-state index contributed by atoms with van der Waals surface area (Å²) in [7, 11) is 0. The second-order valence-corrected chi connectivity index (χ2v) is 6.41. The van der Waals surface area contributed by atoms with Gasteiger partial charge in [0.15, 0.2) is 0 Å². The minimum atomic E-state index is 0.338. The predicted molar refractivity (Wildman–Crippen MR) is 84.2 cm³/mol. The van der Waals surface area contributed by atoms with E-state index in [1.165, 1.54) is 11.1 Å². The molecule has 0 saturated heterocycles. The second-order valence-electron chi connectivity index (χ2n) is 6.41. The molecule has 1 rings (SSSR count). The maximum absolute atomic E-state index is 6.07. The van der Waals surface area contributed by atoms with Crippen molar-refractivity contribution in [1.29, 1.82) is 0 Å². The quantitative estimate of drug-likeness (QED) is 0.813. The highest BCUT2D eigenvalue weighted by Gasteiger charge is 2.20. The smallest absolute Gasteiger partial charge is 0.0470 e. The summed E-state index contributed by atoms with van der Waals surface area (Å²) in [5.74, 6) is 1.33. The average molecular weight is 262 g/mol. The summed E-state index contributed by atoms with van der Waals surface area (Å²) in [6.45, 7) is 14.1. The van der Waals surface area contributed by atoms with Crippen molar-refractivity contribution in [2.45, 2.75) is 40.7 Å². The Morgan fingerprint density at radius 3 is 2.05 bits per heavy atom. The molecule has 1 atom stereocenters. The van der Waals surface area contributed by atoms with E-state index >= 15 is 0 Å². The molecular weight excluding hydrogens is 232 g/mol. The van der Waals surface area contributed by atoms with Gasteiger partial charge in [-0.25, -0.2) is 0 Å². The van der Waals surface area contributed by atoms with Crippen LogP contribution in [-0.4, -0.2) is 24.5 Å². The summed E-state index contributed by atoms with van der Waals surface area (Å²) in [6, 6.07) is 9.09. The number of rotatable bonds is 7. The van der Waals surface area contributed by atoms with Crippen molar-refractivity contribution in [2.75, 3.05) is 19.6 Å². The van der Waals surface area contributed by atoms with E-state index in [4.69, 9.17) is 5.73 Å². The molecule has 0 fully saturated rings. The topological polar surface area (TPSA) is 29.3 Å². The number of aryl methyl sites for hydroxylation is 1. The van der Waals surface area contributed by atoms with Gasteiger partial charge in [0.25, 0.3) is 0 Å². The lowest BCUT2D eigenvalue weighted by Crippen LogP contribution is -2.38. The fourth-order valence-corrected chi connectivity index (χ4v) is 2.64. The molecule has 1 unspecified atom stereocenters. The fraction of sp³-hybridized carbons (Fsp3) is 0.647. The zero-order valence-electron chi connectivity index (χ0n) is 13.2. The van der Waals surface area contributed by atoms with Crippen molar-refractivity contribution in [3.8, 4) is 0 Å². The van der Waals surface area contributed by atoms with E-state index in [9.17, 15) is 0 Å². The van der Waals surface area contributed by atoms with Gasteiger partial charge in [-0.05, 0) is 24.3 Å². The molecule has 0 aromatic heterocycles. The first kappa shape index (κ1) is 16.2. The third-order valence-electron chi connectivity index (χ3n) is 3.29. The number of benzene rings is 1. The van der Waals surface area contributed by atoms with Gasteiger partial charge in [-0.1, -0.05) is 57.5 Å². The predicted octanol–water partition coefficient (Wildman–Crippen LogP) is 3.61. The summed E-state index contributed by atoms with van der Waals surface area (Å²) in [4.78, 5) is 2.55. The molecule has 0 amide bonds. The van der Waals surface area contributed by atoms with Crippen LogP contribution in [0.5, 0.6) is 0 Å². The van der Waals surface area contributed by atoms with Crippen LogP contribution in [0, 0.1) is 18.8 Å². The van der Waals surface area contributed by atoms with Gasteiger partial charge in [-0.3, -0.25) is 4.90 Å². The van der Waals surface area contributed by atoms with Crippen LogP contribution in [0.4, 0.5) is 0 Å². The monoisotopic (exact) mass is 262 g/mol. The molecule has 19 heavy (non-hydrogen) atoms. The summed E-state index contributed by atoms with van der Waals surface area (Å²) in [6.07, 6.45) is 0. The van der Waals surface area contributed by atoms with E-state index in [1.54, 1.807) is 0 Å². The minimum Gasteiger partial charge on any atom is -0.329 e. The third kappa shape index (κ3) is 5.33. The lowest BCUT2D eigenvalue weighted by molar-refractivity contribution is 0.160. The number of nitrogens with zero attached hydrogens (tertiary/aromatic N) is 1. The molecule has 1 aromatic carbocycles. The molecule has 0 saturated carbocycles. The zero-order valence-corrected chi connectivity index (χ0v) is 13.2. The fourth-order valence-electron chi connectivity index (χ4n) is 2.64. The largest absolute Gasteiger partial charge is 0.329 e. The Morgan fingerprint density at radius 1 is 1.05 bits per heavy atom. The molecule has 0 aliphatic carbocycles. The number of hydrogen-bond acceptors (Lipinski definition) is 2. The van der Waals surface area contributed by atoms with E-state index in [0.717, 1.165) is 13.1 Å². The normalized spacial score (nSPS) is 13.5. The second kappa shape index (κ2) is 7.66. The van der Waals surface area contributed by atoms with Gasteiger partial charge in [0.1, 0.15) is 0 Å². The average Bonchev–Trinajstić information content (AvgIpc) is 2.28. The van der Waals surface area contributed by atoms with Gasteiger partial charge in [-0.2, -0.15) is 0 Å². The lowest BCUT2D eigenvalue weighted by Gasteiger charge is -2.34. The lowest BCUT2D eigenvalue weighted by atomic mass is 10.0. The van der Waals surface area contributed by atoms with Gasteiger partial charge in [0, 0.05) is 25.7 Å². The highest BCUT2D eigenvalue weighted by molar-refractivity contribution is 5.25. The van der Waals surface area contributed by atoms with E-state index < -0.39 is 0 Å². The molecule has 2 heteroatoms. The molecule has 0 radical (unpaired) electrons. The molecule has 0 heterocycles. The summed E-state index contributed by atoms with van der Waals surface area (Å²) in [5, 5.41) is 0. The van der Waals surface area contributed by atoms with Crippen LogP contribution >= 0.6 is 0 Å². The Labute approximate surface area is 119 Å². The highest BCUT2D eigenvalue weighted by Crippen LogP contribution is 2.23. The van der Waals surface area contributed by atoms with Crippen LogP contribution in [0.2, 0.25) is 0 Å². The highest BCUT2D eigenvalue weighted by atomic mass is 15.2. The molecule has 2 nitrogen and oxygen atoms in total. The van der Waals surface area contributed by atoms with Crippen LogP contribution in [0.25, 0.3) is 0 Å². The van der Waals surface area contributed by atoms with Crippen molar-refractivity contribution in [1.82, 2.24) is 4.90 Å². The SMILES string of the molecule is Cc1cccc(C(CN)N(CC(C)C)CC(C)C)c1. The van der Waals surface area contributed by atoms with Crippen LogP contribution in [0.3, 0.4) is 0 Å². The van der Waals surface area contributed by atoms with Crippen LogP contribution in [0.15, 0.2) is 24.3 Å². The van der Waals surface area contributed by atoms with E-state index in [1.807, 2.05) is 0 Å². The van der Waals surface area contributed by atoms with Crippen molar-refractivity contribution in [3.05, 3.63) is 35.4 Å². The molecule has 0 bridgehead atoms. The van der Waals surface area contributed by atoms with Crippen LogP contribution < -0.4 is 5.73 Å². The number of nitrogens with two attached hydrogens (primary N) is 1. The molecular formula is C17H30N2. The minimum absolute atomic E-state index is 0.338. The van der Waals surface area contributed by atoms with Gasteiger partial charge in [0.05, 0.1) is 0 Å². The van der Waals surface area contributed by atoms with Crippen LogP contribution in [-0.2, 0) is 0 Å². The van der Waals surface area contributed by atoms with E-state index in [2.05, 4.69) is 63.8 Å². The molecule has 0 aliphatic heterocycles. The van der Waals surface area contributed by atoms with Gasteiger partial charge in [0.2, 0.25) is 0 Å². The summed E-state index contributed by atoms with van der Waals surface area (Å²) in [5.41, 5.74) is 8.73. The van der Waals surface area contributed by atoms with Gasteiger partial charge < -0.3 is 5.73 Å². The summed E-state index contributed by atoms with van der Waals surface area (Å²) >= 11 is 0. The first-order valence-electron chi connectivity index (χ1n) is 7.44. The molecule has 108 valence electrons. The van der Waals surface area contributed by atoms with Crippen molar-refractivity contribution >= 4 is 0 Å². The van der Waals surface area contributed by atoms with Crippen molar-refractivity contribution in [3.63, 3.8) is 0 Å². The Kier molecular flexibility index (Phi) is 6.53. The van der Waals surface area contributed by atoms with Gasteiger partial charge >= 0.3 is 0 Å². The van der Waals surface area contributed by atoms with Crippen molar-refractivity contribution in [2.24, 2.45) is 17.6 Å². The summed E-state index contributed by atoms with van der Waals surface area (Å²) < 4.78 is 0. The standard InChI is InChI=1S/C17H30N2/c1-13(2)11-19(12-14(3)4)17(10-18)16-8-6-7-15(5)9-16/h6-9,13-14,17H,10-12,18H2,1-5H3.